The quantitative estimate of drug-likeness (QED) is 0.472. The highest BCUT2D eigenvalue weighted by Crippen LogP contribution is 2.23. The van der Waals surface area contributed by atoms with E-state index in [9.17, 15) is 0 Å². The average molecular weight is 125 g/mol. The summed E-state index contributed by atoms with van der Waals surface area (Å²) in [4.78, 5) is 0. The third kappa shape index (κ3) is 2.38. The van der Waals surface area contributed by atoms with Gasteiger partial charge >= 0.3 is 0 Å². The van der Waals surface area contributed by atoms with E-state index < -0.39 is 0 Å². The normalized spacial score (nSPS) is 23.7. The molecular formula is C9H17. The molecule has 0 aromatic rings. The van der Waals surface area contributed by atoms with Gasteiger partial charge in [-0.3, -0.25) is 0 Å². The first kappa shape index (κ1) is 7.11. The Bertz CT molecular complexity index is 58.4. The summed E-state index contributed by atoms with van der Waals surface area (Å²) >= 11 is 0. The monoisotopic (exact) mass is 125 g/mol. The van der Waals surface area contributed by atoms with Crippen LogP contribution in [0.4, 0.5) is 0 Å². The molecule has 1 radical (unpaired) electrons. The third-order valence-corrected chi connectivity index (χ3v) is 2.38. The zero-order valence-corrected chi connectivity index (χ0v) is 6.40. The largest absolute Gasteiger partial charge is 0.0651 e. The van der Waals surface area contributed by atoms with Gasteiger partial charge < -0.3 is 0 Å². The maximum absolute atomic E-state index is 2.45. The van der Waals surface area contributed by atoms with Crippen LogP contribution in [0.1, 0.15) is 45.4 Å². The Morgan fingerprint density at radius 1 is 1.33 bits per heavy atom. The first-order valence-electron chi connectivity index (χ1n) is 4.25. The molecule has 1 unspecified atom stereocenters. The van der Waals surface area contributed by atoms with Gasteiger partial charge in [0.05, 0.1) is 0 Å². The van der Waals surface area contributed by atoms with Crippen LogP contribution in [0.3, 0.4) is 0 Å². The van der Waals surface area contributed by atoms with Crippen molar-refractivity contribution in [1.82, 2.24) is 0 Å². The molecule has 1 saturated carbocycles. The van der Waals surface area contributed by atoms with Gasteiger partial charge in [0, 0.05) is 0 Å². The summed E-state index contributed by atoms with van der Waals surface area (Å²) in [5.74, 6) is 1.05. The van der Waals surface area contributed by atoms with Gasteiger partial charge in [-0.25, -0.2) is 0 Å². The molecule has 0 aromatic carbocycles. The second-order valence-electron chi connectivity index (χ2n) is 3.07. The maximum atomic E-state index is 2.45. The maximum Gasteiger partial charge on any atom is -0.0386 e. The Hall–Kier alpha value is 0. The highest BCUT2D eigenvalue weighted by molar-refractivity contribution is 4.73. The Morgan fingerprint density at radius 3 is 3.00 bits per heavy atom. The van der Waals surface area contributed by atoms with Crippen LogP contribution in [0, 0.1) is 12.3 Å². The number of rotatable bonds is 1. The number of hydrogen-bond donors (Lipinski definition) is 0. The standard InChI is InChI=1S/C9H17/c1-2-9-7-5-3-4-6-8-9/h3,9H,2,4-8H2,1H3. The fourth-order valence-electron chi connectivity index (χ4n) is 1.60. The summed E-state index contributed by atoms with van der Waals surface area (Å²) in [5.41, 5.74) is 0. The smallest absolute Gasteiger partial charge is 0.0386 e. The van der Waals surface area contributed by atoms with E-state index in [2.05, 4.69) is 13.3 Å². The van der Waals surface area contributed by atoms with Crippen molar-refractivity contribution in [3.8, 4) is 0 Å². The van der Waals surface area contributed by atoms with Gasteiger partial charge in [0.15, 0.2) is 0 Å². The third-order valence-electron chi connectivity index (χ3n) is 2.38. The molecular weight excluding hydrogens is 108 g/mol. The molecule has 0 spiro atoms. The van der Waals surface area contributed by atoms with Gasteiger partial charge in [0.25, 0.3) is 0 Å². The van der Waals surface area contributed by atoms with E-state index in [1.807, 2.05) is 0 Å². The summed E-state index contributed by atoms with van der Waals surface area (Å²) in [6.45, 7) is 2.32. The molecule has 0 saturated heterocycles. The van der Waals surface area contributed by atoms with E-state index >= 15 is 0 Å². The van der Waals surface area contributed by atoms with Crippen LogP contribution < -0.4 is 0 Å². The average Bonchev–Trinajstić information content (AvgIpc) is 2.13. The molecule has 53 valence electrons. The van der Waals surface area contributed by atoms with Crippen molar-refractivity contribution in [3.63, 3.8) is 0 Å². The fourth-order valence-corrected chi connectivity index (χ4v) is 1.60. The minimum absolute atomic E-state index is 1.05. The molecule has 1 fully saturated rings. The Balaban J connectivity index is 2.18. The van der Waals surface area contributed by atoms with E-state index in [0.717, 1.165) is 5.92 Å². The van der Waals surface area contributed by atoms with Crippen LogP contribution in [0.5, 0.6) is 0 Å². The van der Waals surface area contributed by atoms with Gasteiger partial charge in [0.2, 0.25) is 0 Å². The van der Waals surface area contributed by atoms with Crippen LogP contribution >= 0.6 is 0 Å². The van der Waals surface area contributed by atoms with E-state index in [0.29, 0.717) is 0 Å². The summed E-state index contributed by atoms with van der Waals surface area (Å²) < 4.78 is 0. The molecule has 1 rings (SSSR count). The fraction of sp³-hybridized carbons (Fsp3) is 0.889. The summed E-state index contributed by atoms with van der Waals surface area (Å²) in [6, 6.07) is 0. The summed E-state index contributed by atoms with van der Waals surface area (Å²) in [6.07, 6.45) is 11.0. The first-order chi connectivity index (χ1) is 4.43. The molecule has 0 heterocycles. The lowest BCUT2D eigenvalue weighted by Crippen LogP contribution is -1.94. The van der Waals surface area contributed by atoms with Gasteiger partial charge in [0.1, 0.15) is 0 Å². The van der Waals surface area contributed by atoms with Crippen molar-refractivity contribution >= 4 is 0 Å². The molecule has 0 heteroatoms. The molecule has 1 aliphatic carbocycles. The summed E-state index contributed by atoms with van der Waals surface area (Å²) in [5, 5.41) is 0. The minimum Gasteiger partial charge on any atom is -0.0651 e. The van der Waals surface area contributed by atoms with Crippen molar-refractivity contribution in [2.24, 2.45) is 5.92 Å². The van der Waals surface area contributed by atoms with Crippen LogP contribution in [0.15, 0.2) is 0 Å². The van der Waals surface area contributed by atoms with Crippen molar-refractivity contribution in [2.75, 3.05) is 0 Å². The lowest BCUT2D eigenvalue weighted by atomic mass is 9.98. The second-order valence-corrected chi connectivity index (χ2v) is 3.07. The topological polar surface area (TPSA) is 0 Å². The predicted octanol–water partition coefficient (Wildman–Crippen LogP) is 3.18. The Morgan fingerprint density at radius 2 is 2.22 bits per heavy atom. The summed E-state index contributed by atoms with van der Waals surface area (Å²) in [7, 11) is 0. The predicted molar refractivity (Wildman–Crippen MR) is 41.2 cm³/mol. The molecule has 9 heavy (non-hydrogen) atoms. The van der Waals surface area contributed by atoms with E-state index in [4.69, 9.17) is 0 Å². The first-order valence-corrected chi connectivity index (χ1v) is 4.25. The lowest BCUT2D eigenvalue weighted by Gasteiger charge is -2.08. The van der Waals surface area contributed by atoms with Crippen LogP contribution in [0.25, 0.3) is 0 Å². The molecule has 0 amide bonds. The highest BCUT2D eigenvalue weighted by atomic mass is 14.1. The van der Waals surface area contributed by atoms with Crippen LogP contribution in [0.2, 0.25) is 0 Å². The minimum atomic E-state index is 1.05. The van der Waals surface area contributed by atoms with E-state index in [1.54, 1.807) is 0 Å². The van der Waals surface area contributed by atoms with Crippen molar-refractivity contribution in [3.05, 3.63) is 6.42 Å². The Kier molecular flexibility index (Phi) is 3.10. The lowest BCUT2D eigenvalue weighted by molar-refractivity contribution is 0.449. The van der Waals surface area contributed by atoms with Crippen LogP contribution in [-0.2, 0) is 0 Å². The highest BCUT2D eigenvalue weighted by Gasteiger charge is 2.08. The van der Waals surface area contributed by atoms with Gasteiger partial charge in [-0.15, -0.1) is 0 Å². The molecule has 0 aromatic heterocycles. The number of hydrogen-bond acceptors (Lipinski definition) is 0. The van der Waals surface area contributed by atoms with Gasteiger partial charge in [-0.1, -0.05) is 39.0 Å². The van der Waals surface area contributed by atoms with Crippen LogP contribution in [-0.4, -0.2) is 0 Å². The zero-order valence-electron chi connectivity index (χ0n) is 6.40. The van der Waals surface area contributed by atoms with Crippen molar-refractivity contribution in [2.45, 2.75) is 45.4 Å². The van der Waals surface area contributed by atoms with E-state index in [1.165, 1.54) is 38.5 Å². The van der Waals surface area contributed by atoms with E-state index in [-0.39, 0.29) is 0 Å². The molecule has 0 aliphatic heterocycles. The SMILES string of the molecule is CCC1CC[CH]CCC1. The van der Waals surface area contributed by atoms with Crippen molar-refractivity contribution < 1.29 is 0 Å². The molecule has 0 N–H and O–H groups in total. The molecule has 0 nitrogen and oxygen atoms in total. The molecule has 1 atom stereocenters. The second kappa shape index (κ2) is 3.92. The van der Waals surface area contributed by atoms with Gasteiger partial charge in [-0.2, -0.15) is 0 Å². The Labute approximate surface area is 58.7 Å². The molecule has 0 bridgehead atoms. The van der Waals surface area contributed by atoms with Crippen molar-refractivity contribution in [1.29, 1.82) is 0 Å². The van der Waals surface area contributed by atoms with Gasteiger partial charge in [-0.05, 0) is 18.8 Å². The molecule has 1 aliphatic rings. The zero-order chi connectivity index (χ0) is 6.53.